The van der Waals surface area contributed by atoms with Gasteiger partial charge < -0.3 is 0 Å². The summed E-state index contributed by atoms with van der Waals surface area (Å²) in [6.07, 6.45) is 0.721. The van der Waals surface area contributed by atoms with Crippen LogP contribution < -0.4 is 0 Å². The zero-order valence-electron chi connectivity index (χ0n) is 10.9. The van der Waals surface area contributed by atoms with E-state index < -0.39 is 0 Å². The van der Waals surface area contributed by atoms with Gasteiger partial charge in [0.15, 0.2) is 0 Å². The van der Waals surface area contributed by atoms with Crippen molar-refractivity contribution in [2.75, 3.05) is 0 Å². The van der Waals surface area contributed by atoms with Crippen LogP contribution in [0.4, 0.5) is 0 Å². The number of halogens is 3. The number of hydrogen-bond donors (Lipinski definition) is 0. The number of rotatable bonds is 3. The molecule has 2 aromatic rings. The first-order valence-corrected chi connectivity index (χ1v) is 7.32. The lowest BCUT2D eigenvalue weighted by Crippen LogP contribution is -2.00. The molecule has 0 amide bonds. The fourth-order valence-electron chi connectivity index (χ4n) is 2.13. The van der Waals surface area contributed by atoms with Crippen molar-refractivity contribution in [3.63, 3.8) is 0 Å². The monoisotopic (exact) mass is 312 g/mol. The van der Waals surface area contributed by atoms with E-state index in [0.29, 0.717) is 10.0 Å². The number of hydrogen-bond acceptors (Lipinski definition) is 0. The maximum absolute atomic E-state index is 6.51. The van der Waals surface area contributed by atoms with Gasteiger partial charge in [-0.25, -0.2) is 0 Å². The Bertz CT molecular complexity index is 570. The van der Waals surface area contributed by atoms with Gasteiger partial charge in [0.25, 0.3) is 0 Å². The molecule has 0 aliphatic carbocycles. The lowest BCUT2D eigenvalue weighted by atomic mass is 9.98. The molecule has 0 fully saturated rings. The first-order valence-electron chi connectivity index (χ1n) is 6.13. The fraction of sp³-hybridized carbons (Fsp3) is 0.250. The maximum Gasteiger partial charge on any atom is 0.0655 e. The van der Waals surface area contributed by atoms with Crippen molar-refractivity contribution in [3.8, 4) is 0 Å². The Labute approximate surface area is 129 Å². The van der Waals surface area contributed by atoms with E-state index in [2.05, 4.69) is 32.0 Å². The summed E-state index contributed by atoms with van der Waals surface area (Å²) in [5, 5.41) is 1.03. The molecular formula is C16H15Cl3. The fourth-order valence-corrected chi connectivity index (χ4v) is 3.30. The molecule has 2 rings (SSSR count). The normalized spacial score (nSPS) is 12.5. The standard InChI is InChI=1S/C16H15Cl3/c1-10-6-7-11(2)12(8-10)9-15(19)16-13(17)4-3-5-14(16)18/h3-8,15H,9H2,1-2H3. The van der Waals surface area contributed by atoms with Crippen LogP contribution >= 0.6 is 34.8 Å². The molecule has 0 radical (unpaired) electrons. The minimum Gasteiger partial charge on any atom is -0.117 e. The Morgan fingerprint density at radius 1 is 1.00 bits per heavy atom. The molecule has 0 heterocycles. The van der Waals surface area contributed by atoms with E-state index in [9.17, 15) is 0 Å². The van der Waals surface area contributed by atoms with Crippen LogP contribution in [0, 0.1) is 13.8 Å². The summed E-state index contributed by atoms with van der Waals surface area (Å²) in [4.78, 5) is 0. The lowest BCUT2D eigenvalue weighted by Gasteiger charge is -2.15. The SMILES string of the molecule is Cc1ccc(C)c(CC(Cl)c2c(Cl)cccc2Cl)c1. The molecule has 0 nitrogen and oxygen atoms in total. The van der Waals surface area contributed by atoms with E-state index in [1.54, 1.807) is 0 Å². The number of alkyl halides is 1. The van der Waals surface area contributed by atoms with E-state index in [-0.39, 0.29) is 5.38 Å². The average molecular weight is 314 g/mol. The molecule has 0 aliphatic rings. The average Bonchev–Trinajstić information content (AvgIpc) is 2.33. The van der Waals surface area contributed by atoms with Gasteiger partial charge in [-0.3, -0.25) is 0 Å². The quantitative estimate of drug-likeness (QED) is 0.598. The molecule has 100 valence electrons. The second-order valence-corrected chi connectivity index (χ2v) is 6.08. The van der Waals surface area contributed by atoms with Crippen molar-refractivity contribution in [3.05, 3.63) is 68.7 Å². The highest BCUT2D eigenvalue weighted by Gasteiger charge is 2.17. The summed E-state index contributed by atoms with van der Waals surface area (Å²) in [6, 6.07) is 11.8. The molecule has 0 saturated carbocycles. The molecule has 1 atom stereocenters. The Morgan fingerprint density at radius 3 is 2.26 bits per heavy atom. The Hall–Kier alpha value is -0.690. The van der Waals surface area contributed by atoms with Crippen molar-refractivity contribution in [2.24, 2.45) is 0 Å². The van der Waals surface area contributed by atoms with Crippen LogP contribution in [0.25, 0.3) is 0 Å². The van der Waals surface area contributed by atoms with Crippen LogP contribution in [0.5, 0.6) is 0 Å². The molecule has 0 bridgehead atoms. The zero-order valence-corrected chi connectivity index (χ0v) is 13.2. The molecule has 0 aliphatic heterocycles. The highest BCUT2D eigenvalue weighted by Crippen LogP contribution is 2.36. The number of aryl methyl sites for hydroxylation is 2. The van der Waals surface area contributed by atoms with Crippen LogP contribution in [0.1, 0.15) is 27.6 Å². The molecular weight excluding hydrogens is 299 g/mol. The summed E-state index contributed by atoms with van der Waals surface area (Å²) in [5.74, 6) is 0. The van der Waals surface area contributed by atoms with Crippen molar-refractivity contribution in [1.29, 1.82) is 0 Å². The highest BCUT2D eigenvalue weighted by atomic mass is 35.5. The van der Waals surface area contributed by atoms with Gasteiger partial charge in [-0.1, -0.05) is 53.0 Å². The smallest absolute Gasteiger partial charge is 0.0655 e. The lowest BCUT2D eigenvalue weighted by molar-refractivity contribution is 0.909. The van der Waals surface area contributed by atoms with E-state index in [1.165, 1.54) is 16.7 Å². The zero-order chi connectivity index (χ0) is 14.0. The number of benzene rings is 2. The molecule has 3 heteroatoms. The van der Waals surface area contributed by atoms with Crippen LogP contribution in [-0.2, 0) is 6.42 Å². The third kappa shape index (κ3) is 3.45. The van der Waals surface area contributed by atoms with Gasteiger partial charge in [-0.2, -0.15) is 0 Å². The second kappa shape index (κ2) is 6.17. The van der Waals surface area contributed by atoms with E-state index in [1.807, 2.05) is 18.2 Å². The topological polar surface area (TPSA) is 0 Å². The van der Waals surface area contributed by atoms with Crippen LogP contribution in [-0.4, -0.2) is 0 Å². The molecule has 0 aromatic heterocycles. The highest BCUT2D eigenvalue weighted by molar-refractivity contribution is 6.37. The van der Waals surface area contributed by atoms with Gasteiger partial charge in [-0.15, -0.1) is 11.6 Å². The maximum atomic E-state index is 6.51. The molecule has 2 aromatic carbocycles. The van der Waals surface area contributed by atoms with Gasteiger partial charge in [0, 0.05) is 15.6 Å². The Morgan fingerprint density at radius 2 is 1.63 bits per heavy atom. The van der Waals surface area contributed by atoms with Crippen LogP contribution in [0.15, 0.2) is 36.4 Å². The molecule has 1 unspecified atom stereocenters. The summed E-state index contributed by atoms with van der Waals surface area (Å²) >= 11 is 18.9. The summed E-state index contributed by atoms with van der Waals surface area (Å²) < 4.78 is 0. The summed E-state index contributed by atoms with van der Waals surface area (Å²) in [6.45, 7) is 4.17. The van der Waals surface area contributed by atoms with E-state index >= 15 is 0 Å². The predicted molar refractivity (Wildman–Crippen MR) is 84.7 cm³/mol. The van der Waals surface area contributed by atoms with Crippen molar-refractivity contribution < 1.29 is 0 Å². The van der Waals surface area contributed by atoms with E-state index in [4.69, 9.17) is 34.8 Å². The van der Waals surface area contributed by atoms with Gasteiger partial charge in [-0.05, 0) is 43.5 Å². The summed E-state index contributed by atoms with van der Waals surface area (Å²) in [5.41, 5.74) is 4.51. The third-order valence-electron chi connectivity index (χ3n) is 3.22. The van der Waals surface area contributed by atoms with Gasteiger partial charge >= 0.3 is 0 Å². The van der Waals surface area contributed by atoms with Crippen LogP contribution in [0.2, 0.25) is 10.0 Å². The van der Waals surface area contributed by atoms with Crippen molar-refractivity contribution >= 4 is 34.8 Å². The Balaban J connectivity index is 2.31. The van der Waals surface area contributed by atoms with Gasteiger partial charge in [0.1, 0.15) is 0 Å². The minimum atomic E-state index is -0.221. The first-order chi connectivity index (χ1) is 8.99. The predicted octanol–water partition coefficient (Wildman–Crippen LogP) is 6.13. The molecule has 0 N–H and O–H groups in total. The molecule has 0 spiro atoms. The minimum absolute atomic E-state index is 0.221. The van der Waals surface area contributed by atoms with Gasteiger partial charge in [0.2, 0.25) is 0 Å². The van der Waals surface area contributed by atoms with E-state index in [0.717, 1.165) is 12.0 Å². The molecule has 19 heavy (non-hydrogen) atoms. The van der Waals surface area contributed by atoms with Crippen molar-refractivity contribution in [2.45, 2.75) is 25.6 Å². The third-order valence-corrected chi connectivity index (χ3v) is 4.25. The molecule has 0 saturated heterocycles. The van der Waals surface area contributed by atoms with Gasteiger partial charge in [0.05, 0.1) is 5.38 Å². The largest absolute Gasteiger partial charge is 0.117 e. The summed E-state index contributed by atoms with van der Waals surface area (Å²) in [7, 11) is 0. The van der Waals surface area contributed by atoms with Crippen molar-refractivity contribution in [1.82, 2.24) is 0 Å². The van der Waals surface area contributed by atoms with Crippen LogP contribution in [0.3, 0.4) is 0 Å². The second-order valence-electron chi connectivity index (χ2n) is 4.74. The first kappa shape index (κ1) is 14.7. The Kier molecular flexibility index (Phi) is 4.78.